The summed E-state index contributed by atoms with van der Waals surface area (Å²) in [6.07, 6.45) is 30.1. The van der Waals surface area contributed by atoms with Gasteiger partial charge in [0.15, 0.2) is 14.2 Å². The number of carboxylic acids is 1. The molecule has 16 bridgehead atoms. The SMILES string of the molecule is C.C.C.C.C.C[Si](C)(C)C#N.N#CC(O)C12CC3CC(CC(C3)C1)C2.O=C(O)C(O)C12CC3CC(CC(C3)C1)C2.O=CC12CC3CC(CC(C3)C1)C2.OCC12CC3CC(CC(C3)C1)C2. The summed E-state index contributed by atoms with van der Waals surface area (Å²) in [6, 6.07) is 2.08. The second-order valence-corrected chi connectivity index (χ2v) is 29.9. The molecule has 9 heteroatoms. The minimum atomic E-state index is -1.33. The Morgan fingerprint density at radius 1 is 0.547 bits per heavy atom. The van der Waals surface area contributed by atoms with Gasteiger partial charge in [-0.1, -0.05) is 56.8 Å². The number of carboxylic acid groups (broad SMARTS) is 1. The number of aliphatic hydroxyl groups excluding tert-OH is 3. The maximum atomic E-state index is 11.1. The van der Waals surface area contributed by atoms with Crippen molar-refractivity contribution in [3.63, 3.8) is 0 Å². The van der Waals surface area contributed by atoms with E-state index in [1.165, 1.54) is 122 Å². The van der Waals surface area contributed by atoms with Crippen LogP contribution in [0, 0.1) is 115 Å². The van der Waals surface area contributed by atoms with E-state index in [9.17, 15) is 24.9 Å². The van der Waals surface area contributed by atoms with Crippen molar-refractivity contribution in [2.45, 2.75) is 223 Å². The smallest absolute Gasteiger partial charge is 0.333 e. The summed E-state index contributed by atoms with van der Waals surface area (Å²) in [5.74, 6) is 9.27. The van der Waals surface area contributed by atoms with Gasteiger partial charge in [0.1, 0.15) is 12.4 Å². The third-order valence-corrected chi connectivity index (χ3v) is 19.5. The fourth-order valence-electron chi connectivity index (χ4n) is 18.2. The molecule has 0 aliphatic heterocycles. The molecule has 0 spiro atoms. The molecule has 0 saturated heterocycles. The minimum absolute atomic E-state index is 0. The fraction of sp³-hybridized carbons (Fsp3) is 0.927. The van der Waals surface area contributed by atoms with Gasteiger partial charge in [0.25, 0.3) is 0 Å². The van der Waals surface area contributed by atoms with Crippen molar-refractivity contribution in [1.82, 2.24) is 0 Å². The van der Waals surface area contributed by atoms with E-state index in [0.29, 0.717) is 29.8 Å². The van der Waals surface area contributed by atoms with E-state index >= 15 is 0 Å². The molecule has 2 unspecified atom stereocenters. The summed E-state index contributed by atoms with van der Waals surface area (Å²) in [4.78, 5) is 22.0. The average molecular weight is 911 g/mol. The van der Waals surface area contributed by atoms with Crippen LogP contribution in [0.5, 0.6) is 0 Å². The van der Waals surface area contributed by atoms with Crippen LogP contribution in [-0.2, 0) is 9.59 Å². The summed E-state index contributed by atoms with van der Waals surface area (Å²) < 4.78 is 0. The van der Waals surface area contributed by atoms with Crippen molar-refractivity contribution in [3.05, 3.63) is 0 Å². The third kappa shape index (κ3) is 11.9. The minimum Gasteiger partial charge on any atom is -0.479 e. The van der Waals surface area contributed by atoms with Gasteiger partial charge >= 0.3 is 5.97 Å². The summed E-state index contributed by atoms with van der Waals surface area (Å²) in [5.41, 5.74) is 2.54. The number of aliphatic carboxylic acids is 1. The average Bonchev–Trinajstić information content (AvgIpc) is 3.16. The summed E-state index contributed by atoms with van der Waals surface area (Å²) in [7, 11) is -1.33. The van der Waals surface area contributed by atoms with Crippen LogP contribution >= 0.6 is 0 Å². The van der Waals surface area contributed by atoms with Gasteiger partial charge in [-0.3, -0.25) is 0 Å². The molecule has 0 aromatic carbocycles. The highest BCUT2D eigenvalue weighted by Gasteiger charge is 2.57. The van der Waals surface area contributed by atoms with E-state index in [0.717, 1.165) is 91.8 Å². The van der Waals surface area contributed by atoms with Crippen LogP contribution < -0.4 is 0 Å². The number of nitrogens with zero attached hydrogens (tertiary/aromatic N) is 2. The van der Waals surface area contributed by atoms with Crippen molar-refractivity contribution in [2.24, 2.45) is 92.7 Å². The topological polar surface area (TPSA) is 163 Å². The number of carbonyl (C=O) groups excluding carboxylic acids is 1. The van der Waals surface area contributed by atoms with Crippen molar-refractivity contribution in [1.29, 1.82) is 10.5 Å². The molecule has 2 atom stereocenters. The molecule has 368 valence electrons. The van der Waals surface area contributed by atoms with Gasteiger partial charge in [0.05, 0.1) is 6.07 Å². The standard InChI is InChI=1S/C12H17NO.C12H18O3.C11H18O.C11H16O.C4H9NSi.5CH4/c13-7-11(14)12-4-8-1-9(5-12)3-10(2-8)6-12;13-10(11(14)15)12-4-7-1-8(5-12)3-9(2-7)6-12;2*12-7-11-4-8-1-9(5-11)3-10(2-8)6-11;1-6(2,3)4-5;;;;;/h8-11,14H,1-6H2;7-10,13H,1-6H2,(H,14,15);8-10,12H,1-7H2;7-10H,1-6H2;1-3H3;5*1H4. The van der Waals surface area contributed by atoms with E-state index in [1.807, 2.05) is 19.6 Å². The van der Waals surface area contributed by atoms with Crippen molar-refractivity contribution >= 4 is 20.3 Å². The van der Waals surface area contributed by atoms with Crippen molar-refractivity contribution in [3.8, 4) is 11.8 Å². The molecule has 16 saturated carbocycles. The molecule has 64 heavy (non-hydrogen) atoms. The van der Waals surface area contributed by atoms with Gasteiger partial charge in [0.2, 0.25) is 0 Å². The second kappa shape index (κ2) is 21.7. The predicted octanol–water partition coefficient (Wildman–Crippen LogP) is 12.9. The quantitative estimate of drug-likeness (QED) is 0.120. The Labute approximate surface area is 393 Å². The Kier molecular flexibility index (Phi) is 19.1. The molecular weight excluding hydrogens is 813 g/mol. The van der Waals surface area contributed by atoms with Crippen LogP contribution in [0.4, 0.5) is 0 Å². The monoisotopic (exact) mass is 911 g/mol. The first kappa shape index (κ1) is 56.5. The second-order valence-electron chi connectivity index (χ2n) is 25.2. The summed E-state index contributed by atoms with van der Waals surface area (Å²) in [5, 5.41) is 55.3. The largest absolute Gasteiger partial charge is 0.479 e. The highest BCUT2D eigenvalue weighted by Crippen LogP contribution is 2.63. The van der Waals surface area contributed by atoms with E-state index in [1.54, 1.807) is 0 Å². The Morgan fingerprint density at radius 3 is 1.02 bits per heavy atom. The number of aldehydes is 1. The van der Waals surface area contributed by atoms with E-state index in [4.69, 9.17) is 15.6 Å². The van der Waals surface area contributed by atoms with Gasteiger partial charge in [-0.25, -0.2) is 10.1 Å². The first-order chi connectivity index (χ1) is 28.0. The van der Waals surface area contributed by atoms with E-state index in [-0.39, 0.29) is 53.4 Å². The molecule has 0 amide bonds. The normalized spacial score (nSPS) is 44.8. The number of nitriles is 2. The lowest BCUT2D eigenvalue weighted by molar-refractivity contribution is -0.170. The highest BCUT2D eigenvalue weighted by molar-refractivity contribution is 6.83. The Balaban J connectivity index is 0.000000213. The van der Waals surface area contributed by atoms with Crippen LogP contribution in [0.1, 0.15) is 191 Å². The Morgan fingerprint density at radius 2 is 0.797 bits per heavy atom. The number of hydrogen-bond acceptors (Lipinski definition) is 7. The zero-order valence-corrected chi connectivity index (χ0v) is 37.8. The molecule has 16 aliphatic carbocycles. The van der Waals surface area contributed by atoms with Gasteiger partial charge in [-0.2, -0.15) is 5.26 Å². The maximum Gasteiger partial charge on any atom is 0.333 e. The third-order valence-electron chi connectivity index (χ3n) is 18.9. The number of carbonyl (C=O) groups is 2. The lowest BCUT2D eigenvalue weighted by Crippen LogP contribution is -2.53. The van der Waals surface area contributed by atoms with Crippen LogP contribution in [-0.4, -0.2) is 59.6 Å². The number of rotatable bonds is 5. The first-order valence-corrected chi connectivity index (χ1v) is 27.9. The molecule has 0 aromatic heterocycles. The molecular formula is C55H98N2O6Si. The van der Waals surface area contributed by atoms with E-state index < -0.39 is 26.3 Å². The fourth-order valence-corrected chi connectivity index (χ4v) is 18.2. The van der Waals surface area contributed by atoms with Crippen LogP contribution in [0.15, 0.2) is 0 Å². The Hall–Kier alpha value is -1.78. The lowest BCUT2D eigenvalue weighted by Gasteiger charge is -2.57. The molecule has 4 N–H and O–H groups in total. The number of hydrogen-bond donors (Lipinski definition) is 4. The van der Waals surface area contributed by atoms with Gasteiger partial charge < -0.3 is 25.2 Å². The predicted molar refractivity (Wildman–Crippen MR) is 263 cm³/mol. The van der Waals surface area contributed by atoms with E-state index in [2.05, 4.69) is 11.8 Å². The van der Waals surface area contributed by atoms with Gasteiger partial charge in [0, 0.05) is 28.5 Å². The lowest BCUT2D eigenvalue weighted by atomic mass is 9.48. The van der Waals surface area contributed by atoms with Gasteiger partial charge in [-0.05, 0) is 231 Å². The maximum absolute atomic E-state index is 11.1. The first-order valence-electron chi connectivity index (χ1n) is 24.4. The van der Waals surface area contributed by atoms with Crippen LogP contribution in [0.25, 0.3) is 0 Å². The van der Waals surface area contributed by atoms with Crippen molar-refractivity contribution in [2.75, 3.05) is 6.61 Å². The molecule has 0 aromatic rings. The number of aliphatic hydroxyl groups is 3. The molecule has 0 radical (unpaired) electrons. The Bertz CT molecular complexity index is 1480. The molecule has 8 nitrogen and oxygen atoms in total. The zero-order chi connectivity index (χ0) is 42.0. The molecule has 16 fully saturated rings. The van der Waals surface area contributed by atoms with Gasteiger partial charge in [-0.15, -0.1) is 0 Å². The summed E-state index contributed by atoms with van der Waals surface area (Å²) in [6.45, 7) is 6.53. The summed E-state index contributed by atoms with van der Waals surface area (Å²) >= 11 is 0. The molecule has 0 heterocycles. The van der Waals surface area contributed by atoms with Crippen molar-refractivity contribution < 1.29 is 30.0 Å². The zero-order valence-electron chi connectivity index (χ0n) is 36.8. The van der Waals surface area contributed by atoms with Crippen LogP contribution in [0.2, 0.25) is 19.6 Å². The molecule has 16 rings (SSSR count). The van der Waals surface area contributed by atoms with Crippen LogP contribution in [0.3, 0.4) is 0 Å². The highest BCUT2D eigenvalue weighted by atomic mass is 28.3. The molecule has 16 aliphatic rings.